The summed E-state index contributed by atoms with van der Waals surface area (Å²) in [4.78, 5) is 0. The normalized spacial score (nSPS) is 12.5. The third kappa shape index (κ3) is 1.72. The van der Waals surface area contributed by atoms with E-state index in [-0.39, 0.29) is 6.79 Å². The molecule has 1 heterocycles. The van der Waals surface area contributed by atoms with Crippen LogP contribution in [0, 0.1) is 0 Å². The van der Waals surface area contributed by atoms with Crippen LogP contribution in [0.5, 0.6) is 17.2 Å². The summed E-state index contributed by atoms with van der Waals surface area (Å²) in [6, 6.07) is 11.5. The van der Waals surface area contributed by atoms with Crippen LogP contribution in [0.4, 0.5) is 5.69 Å². The minimum atomic E-state index is 0.281. The van der Waals surface area contributed by atoms with E-state index in [2.05, 4.69) is 0 Å². The van der Waals surface area contributed by atoms with E-state index in [1.54, 1.807) is 7.11 Å². The zero-order chi connectivity index (χ0) is 12.5. The minimum absolute atomic E-state index is 0.281. The second-order valence-corrected chi connectivity index (χ2v) is 4.02. The van der Waals surface area contributed by atoms with Gasteiger partial charge in [-0.25, -0.2) is 0 Å². The van der Waals surface area contributed by atoms with Crippen molar-refractivity contribution in [3.05, 3.63) is 36.4 Å². The SMILES string of the molecule is COc1ccc(-c2ccc3c(c2)OCO3)cc1N. The molecule has 2 aromatic carbocycles. The number of benzene rings is 2. The molecule has 0 radical (unpaired) electrons. The molecule has 1 aliphatic heterocycles. The molecule has 0 saturated carbocycles. The van der Waals surface area contributed by atoms with Gasteiger partial charge in [-0.2, -0.15) is 0 Å². The monoisotopic (exact) mass is 243 g/mol. The molecule has 0 aliphatic carbocycles. The molecule has 2 aromatic rings. The van der Waals surface area contributed by atoms with Crippen molar-refractivity contribution in [3.63, 3.8) is 0 Å². The van der Waals surface area contributed by atoms with Crippen LogP contribution in [0.15, 0.2) is 36.4 Å². The van der Waals surface area contributed by atoms with Crippen LogP contribution in [0.3, 0.4) is 0 Å². The Balaban J connectivity index is 2.02. The third-order valence-electron chi connectivity index (χ3n) is 2.94. The lowest BCUT2D eigenvalue weighted by molar-refractivity contribution is 0.174. The van der Waals surface area contributed by atoms with Gasteiger partial charge < -0.3 is 19.9 Å². The molecule has 4 heteroatoms. The number of nitrogens with two attached hydrogens (primary N) is 1. The van der Waals surface area contributed by atoms with E-state index < -0.39 is 0 Å². The quantitative estimate of drug-likeness (QED) is 0.824. The van der Waals surface area contributed by atoms with Crippen LogP contribution >= 0.6 is 0 Å². The van der Waals surface area contributed by atoms with Gasteiger partial charge >= 0.3 is 0 Å². The molecule has 0 saturated heterocycles. The van der Waals surface area contributed by atoms with E-state index in [4.69, 9.17) is 19.9 Å². The summed E-state index contributed by atoms with van der Waals surface area (Å²) in [5.41, 5.74) is 8.58. The first-order valence-electron chi connectivity index (χ1n) is 5.61. The average Bonchev–Trinajstić information content (AvgIpc) is 2.85. The largest absolute Gasteiger partial charge is 0.495 e. The maximum absolute atomic E-state index is 5.90. The molecule has 2 N–H and O–H groups in total. The van der Waals surface area contributed by atoms with Crippen molar-refractivity contribution in [2.24, 2.45) is 0 Å². The van der Waals surface area contributed by atoms with Gasteiger partial charge in [0.25, 0.3) is 0 Å². The Morgan fingerprint density at radius 1 is 1.00 bits per heavy atom. The molecule has 4 nitrogen and oxygen atoms in total. The zero-order valence-corrected chi connectivity index (χ0v) is 9.97. The van der Waals surface area contributed by atoms with Crippen LogP contribution in [-0.4, -0.2) is 13.9 Å². The number of rotatable bonds is 2. The highest BCUT2D eigenvalue weighted by atomic mass is 16.7. The lowest BCUT2D eigenvalue weighted by Crippen LogP contribution is -1.93. The Kier molecular flexibility index (Phi) is 2.48. The van der Waals surface area contributed by atoms with E-state index in [9.17, 15) is 0 Å². The van der Waals surface area contributed by atoms with Gasteiger partial charge in [-0.05, 0) is 35.4 Å². The summed E-state index contributed by atoms with van der Waals surface area (Å²) < 4.78 is 15.8. The molecule has 0 atom stereocenters. The van der Waals surface area contributed by atoms with Gasteiger partial charge in [0.2, 0.25) is 6.79 Å². The highest BCUT2D eigenvalue weighted by Gasteiger charge is 2.14. The van der Waals surface area contributed by atoms with E-state index in [0.29, 0.717) is 11.4 Å². The van der Waals surface area contributed by atoms with Crippen molar-refractivity contribution >= 4 is 5.69 Å². The molecule has 18 heavy (non-hydrogen) atoms. The topological polar surface area (TPSA) is 53.7 Å². The predicted molar refractivity (Wildman–Crippen MR) is 69.0 cm³/mol. The van der Waals surface area contributed by atoms with Crippen LogP contribution in [0.1, 0.15) is 0 Å². The number of methoxy groups -OCH3 is 1. The fourth-order valence-corrected chi connectivity index (χ4v) is 1.99. The van der Waals surface area contributed by atoms with E-state index in [1.165, 1.54) is 0 Å². The Bertz CT molecular complexity index is 596. The van der Waals surface area contributed by atoms with E-state index in [0.717, 1.165) is 22.6 Å². The molecular formula is C14H13NO3. The fourth-order valence-electron chi connectivity index (χ4n) is 1.99. The summed E-state index contributed by atoms with van der Waals surface area (Å²) in [6.45, 7) is 0.281. The molecule has 3 rings (SSSR count). The van der Waals surface area contributed by atoms with Crippen LogP contribution in [0.2, 0.25) is 0 Å². The number of fused-ring (bicyclic) bond motifs is 1. The van der Waals surface area contributed by atoms with Crippen molar-refractivity contribution in [2.75, 3.05) is 19.6 Å². The Hall–Kier alpha value is -2.36. The van der Waals surface area contributed by atoms with Gasteiger partial charge in [-0.1, -0.05) is 12.1 Å². The molecule has 1 aliphatic rings. The first kappa shape index (κ1) is 10.8. The Labute approximate surface area is 105 Å². The Morgan fingerprint density at radius 3 is 2.50 bits per heavy atom. The molecule has 0 unspecified atom stereocenters. The summed E-state index contributed by atoms with van der Waals surface area (Å²) >= 11 is 0. The van der Waals surface area contributed by atoms with Gasteiger partial charge in [0.15, 0.2) is 11.5 Å². The predicted octanol–water partition coefficient (Wildman–Crippen LogP) is 2.67. The van der Waals surface area contributed by atoms with Crippen molar-refractivity contribution in [1.82, 2.24) is 0 Å². The molecular weight excluding hydrogens is 230 g/mol. The van der Waals surface area contributed by atoms with Crippen molar-refractivity contribution in [1.29, 1.82) is 0 Å². The van der Waals surface area contributed by atoms with Gasteiger partial charge in [0.05, 0.1) is 12.8 Å². The number of nitrogen functional groups attached to an aromatic ring is 1. The van der Waals surface area contributed by atoms with Crippen LogP contribution in [-0.2, 0) is 0 Å². The standard InChI is InChI=1S/C14H13NO3/c1-16-12-4-2-9(6-11(12)15)10-3-5-13-14(7-10)18-8-17-13/h2-7H,8,15H2,1H3. The van der Waals surface area contributed by atoms with Crippen LogP contribution < -0.4 is 19.9 Å². The molecule has 0 amide bonds. The number of hydrogen-bond donors (Lipinski definition) is 1. The lowest BCUT2D eigenvalue weighted by Gasteiger charge is -2.08. The molecule has 0 aromatic heterocycles. The number of ether oxygens (including phenoxy) is 3. The van der Waals surface area contributed by atoms with E-state index >= 15 is 0 Å². The smallest absolute Gasteiger partial charge is 0.231 e. The molecule has 0 fully saturated rings. The van der Waals surface area contributed by atoms with Crippen molar-refractivity contribution in [3.8, 4) is 28.4 Å². The molecule has 92 valence electrons. The van der Waals surface area contributed by atoms with E-state index in [1.807, 2.05) is 36.4 Å². The van der Waals surface area contributed by atoms with Crippen molar-refractivity contribution < 1.29 is 14.2 Å². The summed E-state index contributed by atoms with van der Waals surface area (Å²) in [5.74, 6) is 2.22. The first-order valence-corrected chi connectivity index (χ1v) is 5.61. The zero-order valence-electron chi connectivity index (χ0n) is 9.97. The average molecular weight is 243 g/mol. The van der Waals surface area contributed by atoms with Gasteiger partial charge in [-0.15, -0.1) is 0 Å². The maximum Gasteiger partial charge on any atom is 0.231 e. The highest BCUT2D eigenvalue weighted by Crippen LogP contribution is 2.37. The van der Waals surface area contributed by atoms with Crippen LogP contribution in [0.25, 0.3) is 11.1 Å². The Morgan fingerprint density at radius 2 is 1.72 bits per heavy atom. The summed E-state index contributed by atoms with van der Waals surface area (Å²) in [5, 5.41) is 0. The highest BCUT2D eigenvalue weighted by molar-refractivity contribution is 5.72. The van der Waals surface area contributed by atoms with Crippen molar-refractivity contribution in [2.45, 2.75) is 0 Å². The summed E-state index contributed by atoms with van der Waals surface area (Å²) in [6.07, 6.45) is 0. The second-order valence-electron chi connectivity index (χ2n) is 4.02. The second kappa shape index (κ2) is 4.14. The van der Waals surface area contributed by atoms with Gasteiger partial charge in [0.1, 0.15) is 5.75 Å². The van der Waals surface area contributed by atoms with Gasteiger partial charge in [0, 0.05) is 0 Å². The molecule has 0 bridgehead atoms. The molecule has 0 spiro atoms. The number of anilines is 1. The lowest BCUT2D eigenvalue weighted by atomic mass is 10.0. The minimum Gasteiger partial charge on any atom is -0.495 e. The number of hydrogen-bond acceptors (Lipinski definition) is 4. The third-order valence-corrected chi connectivity index (χ3v) is 2.94. The summed E-state index contributed by atoms with van der Waals surface area (Å²) in [7, 11) is 1.60. The fraction of sp³-hybridized carbons (Fsp3) is 0.143. The maximum atomic E-state index is 5.90. The first-order chi connectivity index (χ1) is 8.78. The van der Waals surface area contributed by atoms with Gasteiger partial charge in [-0.3, -0.25) is 0 Å².